The van der Waals surface area contributed by atoms with Gasteiger partial charge in [-0.25, -0.2) is 9.97 Å². The molecule has 3 rings (SSSR count). The zero-order valence-electron chi connectivity index (χ0n) is 15.6. The van der Waals surface area contributed by atoms with E-state index in [1.165, 1.54) is 5.56 Å². The predicted molar refractivity (Wildman–Crippen MR) is 101 cm³/mol. The smallest absolute Gasteiger partial charge is 0.145 e. The van der Waals surface area contributed by atoms with Crippen molar-refractivity contribution >= 4 is 10.9 Å². The van der Waals surface area contributed by atoms with Crippen LogP contribution in [-0.2, 0) is 18.3 Å². The van der Waals surface area contributed by atoms with Gasteiger partial charge in [0.05, 0.1) is 12.8 Å². The average molecular weight is 335 g/mol. The first-order chi connectivity index (χ1) is 11.9. The predicted octanol–water partition coefficient (Wildman–Crippen LogP) is 4.42. The van der Waals surface area contributed by atoms with Gasteiger partial charge < -0.3 is 4.74 Å². The summed E-state index contributed by atoms with van der Waals surface area (Å²) in [4.78, 5) is 13.9. The van der Waals surface area contributed by atoms with Gasteiger partial charge >= 0.3 is 0 Å². The number of fused-ring (bicyclic) bond motifs is 1. The summed E-state index contributed by atoms with van der Waals surface area (Å²) in [6, 6.07) is 8.24. The monoisotopic (exact) mass is 335 g/mol. The Hall–Kier alpha value is -2.49. The van der Waals surface area contributed by atoms with Crippen molar-refractivity contribution in [3.05, 3.63) is 59.3 Å². The van der Waals surface area contributed by atoms with Gasteiger partial charge in [-0.3, -0.25) is 4.98 Å². The van der Waals surface area contributed by atoms with Gasteiger partial charge in [0.15, 0.2) is 0 Å². The van der Waals surface area contributed by atoms with Gasteiger partial charge in [-0.2, -0.15) is 0 Å². The van der Waals surface area contributed by atoms with Crippen molar-refractivity contribution in [3.8, 4) is 5.75 Å². The van der Waals surface area contributed by atoms with E-state index in [4.69, 9.17) is 14.7 Å². The van der Waals surface area contributed by atoms with Crippen molar-refractivity contribution in [2.75, 3.05) is 7.11 Å². The van der Waals surface area contributed by atoms with Crippen molar-refractivity contribution in [3.63, 3.8) is 0 Å². The van der Waals surface area contributed by atoms with Crippen LogP contribution in [0.25, 0.3) is 10.9 Å². The molecule has 0 fully saturated rings. The van der Waals surface area contributed by atoms with Gasteiger partial charge in [-0.15, -0.1) is 0 Å². The summed E-state index contributed by atoms with van der Waals surface area (Å²) in [5, 5.41) is 1.08. The third-order valence-electron chi connectivity index (χ3n) is 4.25. The van der Waals surface area contributed by atoms with Crippen LogP contribution in [0.3, 0.4) is 0 Å². The summed E-state index contributed by atoms with van der Waals surface area (Å²) in [7, 11) is 1.70. The molecular weight excluding hydrogens is 310 g/mol. The molecule has 0 atom stereocenters. The number of rotatable bonds is 4. The van der Waals surface area contributed by atoms with Gasteiger partial charge in [0, 0.05) is 29.6 Å². The van der Waals surface area contributed by atoms with E-state index in [2.05, 4.69) is 44.8 Å². The van der Waals surface area contributed by atoms with Crippen LogP contribution in [0, 0.1) is 6.92 Å². The second kappa shape index (κ2) is 6.79. The third-order valence-corrected chi connectivity index (χ3v) is 4.25. The molecule has 0 aliphatic carbocycles. The molecule has 25 heavy (non-hydrogen) atoms. The molecule has 4 nitrogen and oxygen atoms in total. The number of hydrogen-bond donors (Lipinski definition) is 0. The second-order valence-electron chi connectivity index (χ2n) is 7.46. The largest absolute Gasteiger partial charge is 0.494 e. The van der Waals surface area contributed by atoms with E-state index < -0.39 is 0 Å². The molecule has 2 heterocycles. The Morgan fingerprint density at radius 3 is 2.52 bits per heavy atom. The standard InChI is InChI=1S/C21H25N3O/c1-14-11-16-19(17(12-14)25-5)23-18(24-20(16)21(2,3)4)9-8-15-7-6-10-22-13-15/h6-7,10-13H,8-9H2,1-5H3. The van der Waals surface area contributed by atoms with Crippen molar-refractivity contribution in [1.82, 2.24) is 15.0 Å². The molecule has 3 aromatic rings. The van der Waals surface area contributed by atoms with Crippen LogP contribution in [0.4, 0.5) is 0 Å². The quantitative estimate of drug-likeness (QED) is 0.708. The summed E-state index contributed by atoms with van der Waals surface area (Å²) in [5.41, 5.74) is 4.25. The van der Waals surface area contributed by atoms with E-state index >= 15 is 0 Å². The number of nitrogens with zero attached hydrogens (tertiary/aromatic N) is 3. The van der Waals surface area contributed by atoms with E-state index in [1.54, 1.807) is 13.3 Å². The van der Waals surface area contributed by atoms with Gasteiger partial charge in [0.1, 0.15) is 17.1 Å². The zero-order chi connectivity index (χ0) is 18.0. The summed E-state index contributed by atoms with van der Waals surface area (Å²) >= 11 is 0. The van der Waals surface area contributed by atoms with Crippen molar-refractivity contribution in [2.45, 2.75) is 46.0 Å². The van der Waals surface area contributed by atoms with Crippen molar-refractivity contribution < 1.29 is 4.74 Å². The minimum Gasteiger partial charge on any atom is -0.494 e. The molecule has 0 spiro atoms. The first-order valence-electron chi connectivity index (χ1n) is 8.63. The fraction of sp³-hybridized carbons (Fsp3) is 0.381. The average Bonchev–Trinajstić information content (AvgIpc) is 2.58. The molecular formula is C21H25N3O. The summed E-state index contributed by atoms with van der Waals surface area (Å²) < 4.78 is 5.59. The Morgan fingerprint density at radius 1 is 1.08 bits per heavy atom. The molecule has 0 aliphatic heterocycles. The van der Waals surface area contributed by atoms with Crippen LogP contribution in [0.2, 0.25) is 0 Å². The molecule has 0 amide bonds. The van der Waals surface area contributed by atoms with E-state index in [0.717, 1.165) is 46.6 Å². The lowest BCUT2D eigenvalue weighted by molar-refractivity contribution is 0.418. The van der Waals surface area contributed by atoms with Crippen LogP contribution in [0.1, 0.15) is 43.4 Å². The van der Waals surface area contributed by atoms with Crippen LogP contribution in [-0.4, -0.2) is 22.1 Å². The number of hydrogen-bond acceptors (Lipinski definition) is 4. The number of ether oxygens (including phenoxy) is 1. The normalized spacial score (nSPS) is 11.7. The maximum absolute atomic E-state index is 5.59. The van der Waals surface area contributed by atoms with E-state index in [9.17, 15) is 0 Å². The van der Waals surface area contributed by atoms with Gasteiger partial charge in [-0.05, 0) is 42.7 Å². The summed E-state index contributed by atoms with van der Waals surface area (Å²) in [6.07, 6.45) is 5.34. The maximum atomic E-state index is 5.59. The Kier molecular flexibility index (Phi) is 4.71. The Labute approximate surface area is 149 Å². The molecule has 130 valence electrons. The SMILES string of the molecule is COc1cc(C)cc2c(C(C)(C)C)nc(CCc3cccnc3)nc12. The number of pyridine rings is 1. The molecule has 0 radical (unpaired) electrons. The number of methoxy groups -OCH3 is 1. The lowest BCUT2D eigenvalue weighted by atomic mass is 9.88. The Bertz CT molecular complexity index is 883. The van der Waals surface area contributed by atoms with Gasteiger partial charge in [0.25, 0.3) is 0 Å². The van der Waals surface area contributed by atoms with E-state index in [0.29, 0.717) is 0 Å². The van der Waals surface area contributed by atoms with Crippen LogP contribution >= 0.6 is 0 Å². The zero-order valence-corrected chi connectivity index (χ0v) is 15.6. The second-order valence-corrected chi connectivity index (χ2v) is 7.46. The van der Waals surface area contributed by atoms with Crippen molar-refractivity contribution in [2.24, 2.45) is 0 Å². The van der Waals surface area contributed by atoms with E-state index in [1.807, 2.05) is 18.3 Å². The lowest BCUT2D eigenvalue weighted by Crippen LogP contribution is -2.17. The minimum absolute atomic E-state index is 0.0664. The Morgan fingerprint density at radius 2 is 1.88 bits per heavy atom. The summed E-state index contributed by atoms with van der Waals surface area (Å²) in [5.74, 6) is 1.66. The molecule has 0 saturated carbocycles. The molecule has 4 heteroatoms. The fourth-order valence-corrected chi connectivity index (χ4v) is 3.03. The number of benzene rings is 1. The van der Waals surface area contributed by atoms with Gasteiger partial charge in [0.2, 0.25) is 0 Å². The highest BCUT2D eigenvalue weighted by Crippen LogP contribution is 2.33. The highest BCUT2D eigenvalue weighted by molar-refractivity contribution is 5.88. The topological polar surface area (TPSA) is 47.9 Å². The molecule has 0 unspecified atom stereocenters. The minimum atomic E-state index is -0.0664. The third kappa shape index (κ3) is 3.78. The molecule has 0 aliphatic rings. The molecule has 1 aromatic carbocycles. The highest BCUT2D eigenvalue weighted by atomic mass is 16.5. The fourth-order valence-electron chi connectivity index (χ4n) is 3.03. The highest BCUT2D eigenvalue weighted by Gasteiger charge is 2.22. The molecule has 0 bridgehead atoms. The Balaban J connectivity index is 2.09. The van der Waals surface area contributed by atoms with Crippen molar-refractivity contribution in [1.29, 1.82) is 0 Å². The number of aryl methyl sites for hydroxylation is 3. The summed E-state index contributed by atoms with van der Waals surface area (Å²) in [6.45, 7) is 8.64. The lowest BCUT2D eigenvalue weighted by Gasteiger charge is -2.22. The van der Waals surface area contributed by atoms with Crippen LogP contribution in [0.5, 0.6) is 5.75 Å². The first-order valence-corrected chi connectivity index (χ1v) is 8.63. The van der Waals surface area contributed by atoms with E-state index in [-0.39, 0.29) is 5.41 Å². The van der Waals surface area contributed by atoms with Crippen LogP contribution in [0.15, 0.2) is 36.7 Å². The first kappa shape index (κ1) is 17.3. The van der Waals surface area contributed by atoms with Gasteiger partial charge in [-0.1, -0.05) is 26.8 Å². The molecule has 0 saturated heterocycles. The van der Waals surface area contributed by atoms with Crippen LogP contribution < -0.4 is 4.74 Å². The molecule has 0 N–H and O–H groups in total. The maximum Gasteiger partial charge on any atom is 0.145 e. The number of aromatic nitrogens is 3. The molecule has 2 aromatic heterocycles.